The molecule has 1 atom stereocenters. The first kappa shape index (κ1) is 18.4. The van der Waals surface area contributed by atoms with Crippen LogP contribution in [0.2, 0.25) is 0 Å². The normalized spacial score (nSPS) is 12.4. The number of nitrogens with zero attached hydrogens (tertiary/aromatic N) is 3. The fourth-order valence-electron chi connectivity index (χ4n) is 3.22. The minimum atomic E-state index is -0.293. The van der Waals surface area contributed by atoms with Crippen molar-refractivity contribution in [3.63, 3.8) is 0 Å². The molecule has 142 valence electrons. The number of pyridine rings is 1. The van der Waals surface area contributed by atoms with Crippen LogP contribution >= 0.6 is 11.8 Å². The Morgan fingerprint density at radius 2 is 1.93 bits per heavy atom. The van der Waals surface area contributed by atoms with Gasteiger partial charge in [0.1, 0.15) is 5.82 Å². The van der Waals surface area contributed by atoms with Crippen molar-refractivity contribution in [1.82, 2.24) is 19.9 Å². The van der Waals surface area contributed by atoms with Gasteiger partial charge in [-0.1, -0.05) is 42.1 Å². The number of hydrogen-bond acceptors (Lipinski definition) is 4. The van der Waals surface area contributed by atoms with E-state index in [1.165, 1.54) is 23.9 Å². The number of rotatable bonds is 5. The van der Waals surface area contributed by atoms with Crippen LogP contribution in [-0.2, 0) is 4.79 Å². The minimum absolute atomic E-state index is 0.116. The smallest absolute Gasteiger partial charge is 0.230 e. The lowest BCUT2D eigenvalue weighted by molar-refractivity contribution is -0.119. The van der Waals surface area contributed by atoms with E-state index in [1.807, 2.05) is 42.5 Å². The largest absolute Gasteiger partial charge is 0.349 e. The summed E-state index contributed by atoms with van der Waals surface area (Å²) < 4.78 is 15.0. The van der Waals surface area contributed by atoms with E-state index in [-0.39, 0.29) is 23.5 Å². The summed E-state index contributed by atoms with van der Waals surface area (Å²) in [6.07, 6.45) is 0. The number of aromatic nitrogens is 3. The van der Waals surface area contributed by atoms with Gasteiger partial charge in [0.25, 0.3) is 0 Å². The number of carbonyl (C=O) groups is 1. The number of hydrogen-bond donors (Lipinski definition) is 1. The summed E-state index contributed by atoms with van der Waals surface area (Å²) in [5.41, 5.74) is 3.77. The number of halogens is 1. The molecule has 7 heteroatoms. The van der Waals surface area contributed by atoms with Crippen molar-refractivity contribution in [2.75, 3.05) is 5.75 Å². The van der Waals surface area contributed by atoms with Gasteiger partial charge < -0.3 is 5.32 Å². The number of amides is 1. The van der Waals surface area contributed by atoms with Crippen LogP contribution in [0.5, 0.6) is 0 Å². The molecule has 0 saturated heterocycles. The highest BCUT2D eigenvalue weighted by Gasteiger charge is 2.14. The van der Waals surface area contributed by atoms with Gasteiger partial charge in [0.15, 0.2) is 10.8 Å². The van der Waals surface area contributed by atoms with Crippen molar-refractivity contribution in [1.29, 1.82) is 0 Å². The van der Waals surface area contributed by atoms with Crippen molar-refractivity contribution in [3.8, 4) is 0 Å². The molecule has 4 rings (SSSR count). The molecule has 2 aromatic heterocycles. The first-order valence-electron chi connectivity index (χ1n) is 8.94. The maximum atomic E-state index is 13.0. The zero-order valence-electron chi connectivity index (χ0n) is 15.5. The molecule has 0 unspecified atom stereocenters. The third-order valence-corrected chi connectivity index (χ3v) is 5.58. The highest BCUT2D eigenvalue weighted by atomic mass is 32.2. The fraction of sp³-hybridized carbons (Fsp3) is 0.190. The Labute approximate surface area is 166 Å². The monoisotopic (exact) mass is 394 g/mol. The van der Waals surface area contributed by atoms with Crippen molar-refractivity contribution in [3.05, 3.63) is 71.5 Å². The van der Waals surface area contributed by atoms with Crippen LogP contribution in [0.3, 0.4) is 0 Å². The van der Waals surface area contributed by atoms with Crippen molar-refractivity contribution >= 4 is 34.2 Å². The lowest BCUT2D eigenvalue weighted by atomic mass is 10.1. The molecule has 0 aliphatic heterocycles. The van der Waals surface area contributed by atoms with Gasteiger partial charge in [0.2, 0.25) is 5.91 Å². The Morgan fingerprint density at radius 3 is 2.71 bits per heavy atom. The molecule has 0 bridgehead atoms. The topological polar surface area (TPSA) is 59.3 Å². The molecule has 2 aromatic carbocycles. The molecule has 0 saturated carbocycles. The summed E-state index contributed by atoms with van der Waals surface area (Å²) in [6.45, 7) is 3.92. The molecule has 2 heterocycles. The Morgan fingerprint density at radius 1 is 1.18 bits per heavy atom. The molecule has 0 radical (unpaired) electrons. The van der Waals surface area contributed by atoms with E-state index in [1.54, 1.807) is 12.1 Å². The van der Waals surface area contributed by atoms with E-state index in [4.69, 9.17) is 0 Å². The van der Waals surface area contributed by atoms with E-state index >= 15 is 0 Å². The first-order valence-corrected chi connectivity index (χ1v) is 9.92. The van der Waals surface area contributed by atoms with E-state index < -0.39 is 0 Å². The Kier molecular flexibility index (Phi) is 5.00. The molecular formula is C21H19FN4OS. The summed E-state index contributed by atoms with van der Waals surface area (Å²) in [6, 6.07) is 16.0. The molecule has 5 nitrogen and oxygen atoms in total. The predicted molar refractivity (Wildman–Crippen MR) is 109 cm³/mol. The standard InChI is InChI=1S/C21H19FN4OS/c1-13-11-19-24-25-21(26(19)18-6-4-3-5-17(13)18)28-12-20(27)23-14(2)15-7-9-16(22)10-8-15/h3-11,14H,12H2,1-2H3,(H,23,27)/t14-/m1/s1. The van der Waals surface area contributed by atoms with Gasteiger partial charge in [-0.2, -0.15) is 0 Å². The molecule has 4 aromatic rings. The van der Waals surface area contributed by atoms with Crippen LogP contribution in [0, 0.1) is 12.7 Å². The third kappa shape index (κ3) is 3.57. The second-order valence-electron chi connectivity index (χ2n) is 6.65. The van der Waals surface area contributed by atoms with Crippen LogP contribution < -0.4 is 5.32 Å². The van der Waals surface area contributed by atoms with Crippen LogP contribution in [0.15, 0.2) is 59.8 Å². The van der Waals surface area contributed by atoms with Gasteiger partial charge in [-0.05, 0) is 49.2 Å². The third-order valence-electron chi connectivity index (χ3n) is 4.65. The van der Waals surface area contributed by atoms with Gasteiger partial charge in [0.05, 0.1) is 17.3 Å². The highest BCUT2D eigenvalue weighted by molar-refractivity contribution is 7.99. The lowest BCUT2D eigenvalue weighted by Gasteiger charge is -2.14. The summed E-state index contributed by atoms with van der Waals surface area (Å²) in [4.78, 5) is 12.4. The molecule has 0 aliphatic rings. The first-order chi connectivity index (χ1) is 13.5. The zero-order chi connectivity index (χ0) is 19.7. The maximum Gasteiger partial charge on any atom is 0.230 e. The SMILES string of the molecule is Cc1cc2nnc(SCC(=O)N[C@H](C)c3ccc(F)cc3)n2c2ccccc12. The molecule has 0 spiro atoms. The molecular weight excluding hydrogens is 375 g/mol. The Balaban J connectivity index is 1.50. The number of fused-ring (bicyclic) bond motifs is 3. The number of carbonyl (C=O) groups excluding carboxylic acids is 1. The summed E-state index contributed by atoms with van der Waals surface area (Å²) >= 11 is 1.34. The lowest BCUT2D eigenvalue weighted by Crippen LogP contribution is -2.28. The van der Waals surface area contributed by atoms with Gasteiger partial charge in [-0.15, -0.1) is 10.2 Å². The second kappa shape index (κ2) is 7.59. The average molecular weight is 394 g/mol. The fourth-order valence-corrected chi connectivity index (χ4v) is 3.98. The van der Waals surface area contributed by atoms with Gasteiger partial charge in [-0.3, -0.25) is 9.20 Å². The predicted octanol–water partition coefficient (Wildman–Crippen LogP) is 4.30. The molecule has 0 aliphatic carbocycles. The van der Waals surface area contributed by atoms with Crippen LogP contribution in [0.25, 0.3) is 16.6 Å². The number of para-hydroxylation sites is 1. The Bertz CT molecular complexity index is 1160. The van der Waals surface area contributed by atoms with Gasteiger partial charge in [0, 0.05) is 5.39 Å². The molecule has 1 amide bonds. The number of thioether (sulfide) groups is 1. The average Bonchev–Trinajstić information content (AvgIpc) is 3.10. The van der Waals surface area contributed by atoms with E-state index in [0.29, 0.717) is 5.16 Å². The van der Waals surface area contributed by atoms with Crippen LogP contribution in [0.4, 0.5) is 4.39 Å². The quantitative estimate of drug-likeness (QED) is 0.513. The molecule has 28 heavy (non-hydrogen) atoms. The van der Waals surface area contributed by atoms with Crippen molar-refractivity contribution in [2.24, 2.45) is 0 Å². The highest BCUT2D eigenvalue weighted by Crippen LogP contribution is 2.25. The van der Waals surface area contributed by atoms with E-state index in [0.717, 1.165) is 27.7 Å². The van der Waals surface area contributed by atoms with E-state index in [2.05, 4.69) is 21.6 Å². The summed E-state index contributed by atoms with van der Waals surface area (Å²) in [5.74, 6) is -0.192. The van der Waals surface area contributed by atoms with Gasteiger partial charge in [-0.25, -0.2) is 4.39 Å². The number of aryl methyl sites for hydroxylation is 1. The number of benzene rings is 2. The van der Waals surface area contributed by atoms with Crippen LogP contribution in [-0.4, -0.2) is 26.3 Å². The summed E-state index contributed by atoms with van der Waals surface area (Å²) in [5, 5.41) is 13.2. The number of nitrogens with one attached hydrogen (secondary N) is 1. The van der Waals surface area contributed by atoms with Gasteiger partial charge >= 0.3 is 0 Å². The zero-order valence-corrected chi connectivity index (χ0v) is 16.3. The van der Waals surface area contributed by atoms with E-state index in [9.17, 15) is 9.18 Å². The summed E-state index contributed by atoms with van der Waals surface area (Å²) in [7, 11) is 0. The maximum absolute atomic E-state index is 13.0. The van der Waals surface area contributed by atoms with Crippen LogP contribution in [0.1, 0.15) is 24.1 Å². The molecule has 0 fully saturated rings. The molecule has 1 N–H and O–H groups in total. The second-order valence-corrected chi connectivity index (χ2v) is 7.59. The van der Waals surface area contributed by atoms with Crippen molar-refractivity contribution < 1.29 is 9.18 Å². The Hall–Kier alpha value is -2.93. The minimum Gasteiger partial charge on any atom is -0.349 e. The van der Waals surface area contributed by atoms with Crippen molar-refractivity contribution in [2.45, 2.75) is 25.0 Å².